The number of thioether (sulfide) groups is 1. The molecule has 0 aliphatic carbocycles. The highest BCUT2D eigenvalue weighted by Gasteiger charge is 2.27. The Labute approximate surface area is 133 Å². The van der Waals surface area contributed by atoms with Gasteiger partial charge in [0.1, 0.15) is 9.88 Å². The van der Waals surface area contributed by atoms with E-state index in [1.165, 1.54) is 16.4 Å². The first kappa shape index (κ1) is 16.0. The molecule has 0 amide bonds. The molecule has 2 N–H and O–H groups in total. The molecule has 0 unspecified atom stereocenters. The molecule has 1 aromatic carbocycles. The van der Waals surface area contributed by atoms with E-state index < -0.39 is 10.0 Å². The van der Waals surface area contributed by atoms with E-state index in [0.29, 0.717) is 18.7 Å². The van der Waals surface area contributed by atoms with Gasteiger partial charge in [-0.25, -0.2) is 8.42 Å². The van der Waals surface area contributed by atoms with Crippen LogP contribution in [0.25, 0.3) is 0 Å². The van der Waals surface area contributed by atoms with E-state index in [-0.39, 0.29) is 14.9 Å². The van der Waals surface area contributed by atoms with Crippen LogP contribution in [-0.2, 0) is 10.0 Å². The smallest absolute Gasteiger partial charge is 0.244 e. The zero-order valence-corrected chi connectivity index (χ0v) is 13.9. The minimum Gasteiger partial charge on any atom is -0.389 e. The van der Waals surface area contributed by atoms with Crippen molar-refractivity contribution < 1.29 is 8.42 Å². The van der Waals surface area contributed by atoms with Crippen molar-refractivity contribution in [3.8, 4) is 0 Å². The van der Waals surface area contributed by atoms with Gasteiger partial charge in [0.2, 0.25) is 10.0 Å². The molecule has 2 rings (SSSR count). The van der Waals surface area contributed by atoms with Gasteiger partial charge in [-0.3, -0.25) is 0 Å². The van der Waals surface area contributed by atoms with Gasteiger partial charge < -0.3 is 5.73 Å². The summed E-state index contributed by atoms with van der Waals surface area (Å²) in [7, 11) is -3.55. The molecule has 0 radical (unpaired) electrons. The van der Waals surface area contributed by atoms with Crippen molar-refractivity contribution in [1.29, 1.82) is 0 Å². The SMILES string of the molecule is NC(=S)c1ccc(S(=O)(=O)N2CCCSCC2)c(Cl)c1. The van der Waals surface area contributed by atoms with Crippen molar-refractivity contribution in [3.63, 3.8) is 0 Å². The molecular formula is C12H15ClN2O2S3. The Kier molecular flexibility index (Phi) is 5.30. The summed E-state index contributed by atoms with van der Waals surface area (Å²) in [5.41, 5.74) is 6.08. The van der Waals surface area contributed by atoms with E-state index >= 15 is 0 Å². The van der Waals surface area contributed by atoms with Crippen LogP contribution < -0.4 is 5.73 Å². The summed E-state index contributed by atoms with van der Waals surface area (Å²) in [4.78, 5) is 0.313. The summed E-state index contributed by atoms with van der Waals surface area (Å²) in [6.07, 6.45) is 0.854. The third-order valence-corrected chi connectivity index (χ3v) is 6.68. The monoisotopic (exact) mass is 350 g/mol. The lowest BCUT2D eigenvalue weighted by Crippen LogP contribution is -2.33. The molecular weight excluding hydrogens is 336 g/mol. The van der Waals surface area contributed by atoms with E-state index in [9.17, 15) is 8.42 Å². The fraction of sp³-hybridized carbons (Fsp3) is 0.417. The number of nitrogens with zero attached hydrogens (tertiary/aromatic N) is 1. The molecule has 20 heavy (non-hydrogen) atoms. The van der Waals surface area contributed by atoms with Crippen molar-refractivity contribution in [1.82, 2.24) is 4.31 Å². The zero-order valence-electron chi connectivity index (χ0n) is 10.7. The van der Waals surface area contributed by atoms with Crippen molar-refractivity contribution in [2.24, 2.45) is 5.73 Å². The van der Waals surface area contributed by atoms with Gasteiger partial charge in [0, 0.05) is 24.4 Å². The number of hydrogen-bond donors (Lipinski definition) is 1. The fourth-order valence-electron chi connectivity index (χ4n) is 1.97. The summed E-state index contributed by atoms with van der Waals surface area (Å²) in [5.74, 6) is 1.79. The summed E-state index contributed by atoms with van der Waals surface area (Å²) in [5, 5.41) is 0.159. The van der Waals surface area contributed by atoms with Crippen LogP contribution in [0.2, 0.25) is 5.02 Å². The van der Waals surface area contributed by atoms with Crippen LogP contribution in [0.5, 0.6) is 0 Å². The van der Waals surface area contributed by atoms with E-state index in [4.69, 9.17) is 29.6 Å². The van der Waals surface area contributed by atoms with Crippen LogP contribution in [0.3, 0.4) is 0 Å². The molecule has 1 heterocycles. The molecule has 1 aliphatic heterocycles. The van der Waals surface area contributed by atoms with Crippen molar-refractivity contribution in [3.05, 3.63) is 28.8 Å². The summed E-state index contributed by atoms with van der Waals surface area (Å²) in [6, 6.07) is 4.57. The molecule has 4 nitrogen and oxygen atoms in total. The maximum Gasteiger partial charge on any atom is 0.244 e. The Hall–Kier alpha value is -0.340. The second-order valence-electron chi connectivity index (χ2n) is 4.38. The van der Waals surface area contributed by atoms with E-state index in [2.05, 4.69) is 0 Å². The predicted octanol–water partition coefficient (Wildman–Crippen LogP) is 2.10. The van der Waals surface area contributed by atoms with Gasteiger partial charge in [0.25, 0.3) is 0 Å². The van der Waals surface area contributed by atoms with Crippen LogP contribution >= 0.6 is 35.6 Å². The lowest BCUT2D eigenvalue weighted by atomic mass is 10.2. The molecule has 0 aromatic heterocycles. The van der Waals surface area contributed by atoms with Gasteiger partial charge in [-0.05, 0) is 24.3 Å². The minimum atomic E-state index is -3.55. The molecule has 0 spiro atoms. The van der Waals surface area contributed by atoms with Crippen molar-refractivity contribution in [2.75, 3.05) is 24.6 Å². The fourth-order valence-corrected chi connectivity index (χ4v) is 5.09. The number of benzene rings is 1. The normalized spacial score (nSPS) is 17.6. The van der Waals surface area contributed by atoms with E-state index in [1.54, 1.807) is 17.8 Å². The maximum absolute atomic E-state index is 12.6. The van der Waals surface area contributed by atoms with Crippen LogP contribution in [-0.4, -0.2) is 42.3 Å². The first-order valence-corrected chi connectivity index (χ1v) is 9.48. The van der Waals surface area contributed by atoms with Crippen LogP contribution in [0.1, 0.15) is 12.0 Å². The predicted molar refractivity (Wildman–Crippen MR) is 88.0 cm³/mol. The zero-order chi connectivity index (χ0) is 14.8. The van der Waals surface area contributed by atoms with Gasteiger partial charge in [-0.1, -0.05) is 29.9 Å². The topological polar surface area (TPSA) is 63.4 Å². The molecule has 110 valence electrons. The van der Waals surface area contributed by atoms with Gasteiger partial charge in [-0.15, -0.1) is 0 Å². The molecule has 1 aromatic rings. The molecule has 1 fully saturated rings. The largest absolute Gasteiger partial charge is 0.389 e. The molecule has 0 atom stereocenters. The first-order valence-electron chi connectivity index (χ1n) is 6.10. The molecule has 1 aliphatic rings. The third kappa shape index (κ3) is 3.46. The second kappa shape index (κ2) is 6.62. The van der Waals surface area contributed by atoms with Crippen LogP contribution in [0.4, 0.5) is 0 Å². The summed E-state index contributed by atoms with van der Waals surface area (Å²) < 4.78 is 26.7. The molecule has 1 saturated heterocycles. The molecule has 0 saturated carbocycles. The van der Waals surface area contributed by atoms with E-state index in [0.717, 1.165) is 17.9 Å². The Morgan fingerprint density at radius 2 is 2.10 bits per heavy atom. The Bertz CT molecular complexity index is 611. The van der Waals surface area contributed by atoms with Crippen molar-refractivity contribution in [2.45, 2.75) is 11.3 Å². The van der Waals surface area contributed by atoms with Gasteiger partial charge in [-0.2, -0.15) is 16.1 Å². The summed E-state index contributed by atoms with van der Waals surface area (Å²) in [6.45, 7) is 1.04. The van der Waals surface area contributed by atoms with Gasteiger partial charge in [0.15, 0.2) is 0 Å². The quantitative estimate of drug-likeness (QED) is 0.846. The highest BCUT2D eigenvalue weighted by atomic mass is 35.5. The number of halogens is 1. The average Bonchev–Trinajstić information content (AvgIpc) is 2.67. The first-order chi connectivity index (χ1) is 9.43. The highest BCUT2D eigenvalue weighted by Crippen LogP contribution is 2.27. The number of hydrogen-bond acceptors (Lipinski definition) is 4. The Morgan fingerprint density at radius 3 is 2.75 bits per heavy atom. The number of thiocarbonyl (C=S) groups is 1. The van der Waals surface area contributed by atoms with E-state index in [1.807, 2.05) is 0 Å². The molecule has 0 bridgehead atoms. The Morgan fingerprint density at radius 1 is 1.35 bits per heavy atom. The van der Waals surface area contributed by atoms with Crippen LogP contribution in [0, 0.1) is 0 Å². The summed E-state index contributed by atoms with van der Waals surface area (Å²) >= 11 is 12.7. The standard InChI is InChI=1S/C12H15ClN2O2S3/c13-10-8-9(12(14)18)2-3-11(10)20(16,17)15-4-1-6-19-7-5-15/h2-3,8H,1,4-7H2,(H2,14,18). The maximum atomic E-state index is 12.6. The average molecular weight is 351 g/mol. The molecule has 8 heteroatoms. The highest BCUT2D eigenvalue weighted by molar-refractivity contribution is 7.99. The number of nitrogens with two attached hydrogens (primary N) is 1. The van der Waals surface area contributed by atoms with Crippen molar-refractivity contribution >= 4 is 50.6 Å². The van der Waals surface area contributed by atoms with Gasteiger partial charge in [0.05, 0.1) is 5.02 Å². The number of sulfonamides is 1. The second-order valence-corrected chi connectivity index (χ2v) is 8.36. The van der Waals surface area contributed by atoms with Gasteiger partial charge >= 0.3 is 0 Å². The minimum absolute atomic E-state index is 0.117. The lowest BCUT2D eigenvalue weighted by molar-refractivity contribution is 0.435. The third-order valence-electron chi connectivity index (χ3n) is 3.02. The number of rotatable bonds is 3. The lowest BCUT2D eigenvalue weighted by Gasteiger charge is -2.20. The Balaban J connectivity index is 2.36. The van der Waals surface area contributed by atoms with Crippen LogP contribution in [0.15, 0.2) is 23.1 Å².